The number of hydrogen-bond donors (Lipinski definition) is 0. The molecule has 0 heterocycles. The molecule has 0 spiro atoms. The predicted molar refractivity (Wildman–Crippen MR) is 196 cm³/mol. The van der Waals surface area contributed by atoms with Crippen LogP contribution in [0.4, 0.5) is 0 Å². The third kappa shape index (κ3) is 3.91. The molecule has 2 aliphatic carbocycles. The molecule has 0 aromatic heterocycles. The Kier molecular flexibility index (Phi) is 5.44. The number of allylic oxidation sites excluding steroid dienone is 4. The lowest BCUT2D eigenvalue weighted by molar-refractivity contribution is 0.591. The molecule has 9 rings (SSSR count). The SMILES string of the molecule is CC(C)(C)c1cc2ccc3ccc(-c4ccc5cc(-c6ccc7c(c6)C(C)(C)C6=C7CCC=C6)ccc5c4)c4ccc(c1)c2c34. The minimum absolute atomic E-state index is 0.0545. The first kappa shape index (κ1) is 26.7. The summed E-state index contributed by atoms with van der Waals surface area (Å²) in [6.45, 7) is 11.7. The van der Waals surface area contributed by atoms with Gasteiger partial charge in [-0.1, -0.05) is 132 Å². The fourth-order valence-corrected chi connectivity index (χ4v) is 8.28. The molecule has 0 radical (unpaired) electrons. The van der Waals surface area contributed by atoms with Gasteiger partial charge in [-0.3, -0.25) is 0 Å². The molecule has 7 aromatic rings. The van der Waals surface area contributed by atoms with Crippen LogP contribution in [0.25, 0.3) is 70.9 Å². The summed E-state index contributed by atoms with van der Waals surface area (Å²) in [4.78, 5) is 0. The molecule has 45 heavy (non-hydrogen) atoms. The number of benzene rings is 7. The average molecular weight is 579 g/mol. The van der Waals surface area contributed by atoms with E-state index < -0.39 is 0 Å². The second-order valence-corrected chi connectivity index (χ2v) is 14.9. The Labute approximate surface area is 266 Å². The molecule has 7 aromatic carbocycles. The number of fused-ring (bicyclic) bond motifs is 3. The first-order chi connectivity index (χ1) is 21.7. The first-order valence-electron chi connectivity index (χ1n) is 16.5. The Morgan fingerprint density at radius 2 is 1.16 bits per heavy atom. The van der Waals surface area contributed by atoms with Crippen LogP contribution in [-0.4, -0.2) is 0 Å². The molecule has 0 atom stereocenters. The first-order valence-corrected chi connectivity index (χ1v) is 16.5. The van der Waals surface area contributed by atoms with E-state index in [1.807, 2.05) is 0 Å². The third-order valence-corrected chi connectivity index (χ3v) is 10.8. The van der Waals surface area contributed by atoms with Gasteiger partial charge in [0.2, 0.25) is 0 Å². The molecule has 0 nitrogen and oxygen atoms in total. The molecular formula is C45H38. The molecule has 0 fully saturated rings. The van der Waals surface area contributed by atoms with Gasteiger partial charge in [-0.15, -0.1) is 0 Å². The lowest BCUT2D eigenvalue weighted by Crippen LogP contribution is -2.16. The topological polar surface area (TPSA) is 0 Å². The second-order valence-electron chi connectivity index (χ2n) is 14.9. The van der Waals surface area contributed by atoms with E-state index in [-0.39, 0.29) is 10.8 Å². The van der Waals surface area contributed by atoms with Gasteiger partial charge in [0.05, 0.1) is 0 Å². The highest BCUT2D eigenvalue weighted by Gasteiger charge is 2.37. The van der Waals surface area contributed by atoms with Crippen LogP contribution in [0.15, 0.2) is 121 Å². The lowest BCUT2D eigenvalue weighted by Gasteiger charge is -2.24. The van der Waals surface area contributed by atoms with Crippen molar-refractivity contribution in [1.29, 1.82) is 0 Å². The van der Waals surface area contributed by atoms with Gasteiger partial charge in [0.1, 0.15) is 0 Å². The van der Waals surface area contributed by atoms with E-state index in [1.54, 1.807) is 5.57 Å². The van der Waals surface area contributed by atoms with Crippen LogP contribution in [0, 0.1) is 0 Å². The maximum Gasteiger partial charge on any atom is 0.0155 e. The Hall–Kier alpha value is -4.68. The Balaban J connectivity index is 1.13. The summed E-state index contributed by atoms with van der Waals surface area (Å²) in [6.07, 6.45) is 7.02. The molecule has 0 aliphatic heterocycles. The van der Waals surface area contributed by atoms with E-state index in [0.29, 0.717) is 0 Å². The molecule has 0 unspecified atom stereocenters. The van der Waals surface area contributed by atoms with Crippen molar-refractivity contribution in [3.8, 4) is 22.3 Å². The van der Waals surface area contributed by atoms with Crippen molar-refractivity contribution in [1.82, 2.24) is 0 Å². The van der Waals surface area contributed by atoms with Gasteiger partial charge >= 0.3 is 0 Å². The van der Waals surface area contributed by atoms with Gasteiger partial charge < -0.3 is 0 Å². The largest absolute Gasteiger partial charge is 0.0839 e. The van der Waals surface area contributed by atoms with Crippen molar-refractivity contribution >= 4 is 48.7 Å². The Morgan fingerprint density at radius 3 is 1.93 bits per heavy atom. The highest BCUT2D eigenvalue weighted by atomic mass is 14.4. The zero-order valence-corrected chi connectivity index (χ0v) is 26.9. The molecule has 0 amide bonds. The second kappa shape index (κ2) is 9.18. The maximum absolute atomic E-state index is 2.45. The molecule has 0 saturated heterocycles. The van der Waals surface area contributed by atoms with Crippen LogP contribution in [0.3, 0.4) is 0 Å². The van der Waals surface area contributed by atoms with Crippen molar-refractivity contribution in [3.63, 3.8) is 0 Å². The van der Waals surface area contributed by atoms with Crippen molar-refractivity contribution in [3.05, 3.63) is 138 Å². The molecule has 218 valence electrons. The lowest BCUT2D eigenvalue weighted by atomic mass is 9.79. The highest BCUT2D eigenvalue weighted by Crippen LogP contribution is 2.51. The van der Waals surface area contributed by atoms with Crippen LogP contribution in [-0.2, 0) is 10.8 Å². The summed E-state index contributed by atoms with van der Waals surface area (Å²) in [7, 11) is 0. The van der Waals surface area contributed by atoms with Crippen LogP contribution in [0.5, 0.6) is 0 Å². The summed E-state index contributed by atoms with van der Waals surface area (Å²) in [5, 5.41) is 10.6. The van der Waals surface area contributed by atoms with Gasteiger partial charge in [-0.2, -0.15) is 0 Å². The van der Waals surface area contributed by atoms with E-state index in [9.17, 15) is 0 Å². The molecular weight excluding hydrogens is 540 g/mol. The van der Waals surface area contributed by atoms with Crippen molar-refractivity contribution < 1.29 is 0 Å². The van der Waals surface area contributed by atoms with E-state index in [4.69, 9.17) is 0 Å². The summed E-state index contributed by atoms with van der Waals surface area (Å²) in [5.41, 5.74) is 12.7. The summed E-state index contributed by atoms with van der Waals surface area (Å²) in [5.74, 6) is 0. The van der Waals surface area contributed by atoms with Gasteiger partial charge in [0.25, 0.3) is 0 Å². The van der Waals surface area contributed by atoms with E-state index >= 15 is 0 Å². The quantitative estimate of drug-likeness (QED) is 0.179. The smallest absolute Gasteiger partial charge is 0.0155 e. The summed E-state index contributed by atoms with van der Waals surface area (Å²) in [6, 6.07) is 39.8. The Morgan fingerprint density at radius 1 is 0.556 bits per heavy atom. The van der Waals surface area contributed by atoms with Gasteiger partial charge in [-0.05, 0) is 130 Å². The standard InChI is InChI=1S/C45H38/c1-44(2,3)35-24-33-15-10-27-16-19-36(39-21-18-34(25-35)42(33)43(27)39)32-14-13-28-22-29(11-12-30(28)23-32)31-17-20-38-37-8-6-7-9-40(37)45(4,5)41(38)26-31/h7,9-26H,6,8H2,1-5H3. The molecule has 0 bridgehead atoms. The van der Waals surface area contributed by atoms with Gasteiger partial charge in [0, 0.05) is 5.41 Å². The summed E-state index contributed by atoms with van der Waals surface area (Å²) < 4.78 is 0. The van der Waals surface area contributed by atoms with E-state index in [1.165, 1.54) is 87.6 Å². The molecule has 0 N–H and O–H groups in total. The fourth-order valence-electron chi connectivity index (χ4n) is 8.28. The van der Waals surface area contributed by atoms with Crippen molar-refractivity contribution in [2.45, 2.75) is 58.3 Å². The zero-order chi connectivity index (χ0) is 30.7. The molecule has 2 aliphatic rings. The molecule has 0 heteroatoms. The third-order valence-electron chi connectivity index (χ3n) is 10.8. The monoisotopic (exact) mass is 578 g/mol. The number of hydrogen-bond acceptors (Lipinski definition) is 0. The van der Waals surface area contributed by atoms with Crippen molar-refractivity contribution in [2.75, 3.05) is 0 Å². The highest BCUT2D eigenvalue weighted by molar-refractivity contribution is 6.25. The summed E-state index contributed by atoms with van der Waals surface area (Å²) >= 11 is 0. The predicted octanol–water partition coefficient (Wildman–Crippen LogP) is 12.8. The van der Waals surface area contributed by atoms with Gasteiger partial charge in [0.15, 0.2) is 0 Å². The van der Waals surface area contributed by atoms with Crippen LogP contribution in [0.2, 0.25) is 0 Å². The molecule has 0 saturated carbocycles. The minimum atomic E-state index is 0.0545. The normalized spacial score (nSPS) is 15.9. The average Bonchev–Trinajstić information content (AvgIpc) is 3.28. The maximum atomic E-state index is 2.45. The van der Waals surface area contributed by atoms with Crippen LogP contribution >= 0.6 is 0 Å². The van der Waals surface area contributed by atoms with Gasteiger partial charge in [-0.25, -0.2) is 0 Å². The van der Waals surface area contributed by atoms with Crippen LogP contribution < -0.4 is 0 Å². The fraction of sp³-hybridized carbons (Fsp3) is 0.200. The zero-order valence-electron chi connectivity index (χ0n) is 26.9. The van der Waals surface area contributed by atoms with Crippen molar-refractivity contribution in [2.24, 2.45) is 0 Å². The van der Waals surface area contributed by atoms with Crippen LogP contribution in [0.1, 0.15) is 64.2 Å². The van der Waals surface area contributed by atoms with E-state index in [2.05, 4.69) is 150 Å². The minimum Gasteiger partial charge on any atom is -0.0839 e. The number of rotatable bonds is 2. The Bertz CT molecular complexity index is 2400. The van der Waals surface area contributed by atoms with E-state index in [0.717, 1.165) is 12.8 Å².